The van der Waals surface area contributed by atoms with E-state index in [1.165, 1.54) is 11.3 Å². The Bertz CT molecular complexity index is 617. The van der Waals surface area contributed by atoms with Gasteiger partial charge in [0.25, 0.3) is 0 Å². The lowest BCUT2D eigenvalue weighted by Gasteiger charge is -2.14. The maximum Gasteiger partial charge on any atom is 0.340 e. The lowest BCUT2D eigenvalue weighted by Crippen LogP contribution is -2.11. The van der Waals surface area contributed by atoms with Crippen molar-refractivity contribution >= 4 is 23.0 Å². The van der Waals surface area contributed by atoms with Crippen LogP contribution in [-0.2, 0) is 4.74 Å². The summed E-state index contributed by atoms with van der Waals surface area (Å²) in [7, 11) is 1.14. The van der Waals surface area contributed by atoms with Crippen molar-refractivity contribution < 1.29 is 18.3 Å². The van der Waals surface area contributed by atoms with Gasteiger partial charge in [-0.15, -0.1) is 11.3 Å². The SMILES string of the molecule is COC(=O)c1cc(NC(C)c2nccs2)c(F)cc1F. The molecule has 4 nitrogen and oxygen atoms in total. The smallest absolute Gasteiger partial charge is 0.340 e. The van der Waals surface area contributed by atoms with Crippen molar-refractivity contribution in [3.63, 3.8) is 0 Å². The molecule has 2 rings (SSSR count). The number of benzene rings is 1. The molecule has 1 atom stereocenters. The van der Waals surface area contributed by atoms with Crippen molar-refractivity contribution in [1.29, 1.82) is 0 Å². The summed E-state index contributed by atoms with van der Waals surface area (Å²) in [5.41, 5.74) is -0.294. The number of hydrogen-bond donors (Lipinski definition) is 1. The van der Waals surface area contributed by atoms with Crippen LogP contribution in [0.2, 0.25) is 0 Å². The quantitative estimate of drug-likeness (QED) is 0.879. The first-order chi connectivity index (χ1) is 9.52. The predicted molar refractivity (Wildman–Crippen MR) is 71.8 cm³/mol. The molecule has 0 radical (unpaired) electrons. The molecule has 106 valence electrons. The number of nitrogens with zero attached hydrogens (tertiary/aromatic N) is 1. The fraction of sp³-hybridized carbons (Fsp3) is 0.231. The van der Waals surface area contributed by atoms with Crippen molar-refractivity contribution in [2.45, 2.75) is 13.0 Å². The number of nitrogens with one attached hydrogen (secondary N) is 1. The third-order valence-electron chi connectivity index (χ3n) is 2.66. The van der Waals surface area contributed by atoms with E-state index < -0.39 is 17.6 Å². The van der Waals surface area contributed by atoms with Crippen LogP contribution in [0.4, 0.5) is 14.5 Å². The topological polar surface area (TPSA) is 51.2 Å². The van der Waals surface area contributed by atoms with Gasteiger partial charge in [-0.2, -0.15) is 0 Å². The van der Waals surface area contributed by atoms with Crippen molar-refractivity contribution in [2.24, 2.45) is 0 Å². The van der Waals surface area contributed by atoms with Gasteiger partial charge in [0, 0.05) is 17.6 Å². The van der Waals surface area contributed by atoms with Crippen molar-refractivity contribution in [2.75, 3.05) is 12.4 Å². The summed E-state index contributed by atoms with van der Waals surface area (Å²) in [6.07, 6.45) is 1.64. The van der Waals surface area contributed by atoms with Crippen LogP contribution in [0, 0.1) is 11.6 Å². The molecule has 1 heterocycles. The van der Waals surface area contributed by atoms with Crippen molar-refractivity contribution in [1.82, 2.24) is 4.98 Å². The first-order valence-corrected chi connectivity index (χ1v) is 6.64. The molecule has 0 spiro atoms. The first-order valence-electron chi connectivity index (χ1n) is 5.76. The zero-order valence-electron chi connectivity index (χ0n) is 10.8. The van der Waals surface area contributed by atoms with Gasteiger partial charge >= 0.3 is 5.97 Å². The number of carbonyl (C=O) groups is 1. The molecule has 1 aromatic heterocycles. The molecule has 0 saturated carbocycles. The number of halogens is 2. The van der Waals surface area contributed by atoms with E-state index in [2.05, 4.69) is 15.0 Å². The number of ether oxygens (including phenoxy) is 1. The number of hydrogen-bond acceptors (Lipinski definition) is 5. The highest BCUT2D eigenvalue weighted by atomic mass is 32.1. The van der Waals surface area contributed by atoms with Crippen LogP contribution >= 0.6 is 11.3 Å². The third kappa shape index (κ3) is 2.93. The summed E-state index contributed by atoms with van der Waals surface area (Å²) in [5, 5.41) is 5.42. The van der Waals surface area contributed by atoms with Crippen LogP contribution in [0.5, 0.6) is 0 Å². The summed E-state index contributed by atoms with van der Waals surface area (Å²) in [4.78, 5) is 15.5. The normalized spacial score (nSPS) is 12.0. The lowest BCUT2D eigenvalue weighted by molar-refractivity contribution is 0.0595. The average Bonchev–Trinajstić information content (AvgIpc) is 2.95. The second kappa shape index (κ2) is 5.96. The van der Waals surface area contributed by atoms with E-state index in [9.17, 15) is 13.6 Å². The number of anilines is 1. The Morgan fingerprint density at radius 1 is 1.40 bits per heavy atom. The molecule has 0 bridgehead atoms. The molecule has 7 heteroatoms. The Morgan fingerprint density at radius 2 is 2.15 bits per heavy atom. The molecule has 1 aromatic carbocycles. The summed E-state index contributed by atoms with van der Waals surface area (Å²) in [6.45, 7) is 1.79. The number of carbonyl (C=O) groups excluding carboxylic acids is 1. The van der Waals surface area contributed by atoms with Crippen LogP contribution in [0.1, 0.15) is 28.3 Å². The van der Waals surface area contributed by atoms with Crippen LogP contribution in [0.3, 0.4) is 0 Å². The minimum absolute atomic E-state index is 0.0227. The minimum atomic E-state index is -0.957. The molecule has 0 aliphatic heterocycles. The van der Waals surface area contributed by atoms with Gasteiger partial charge in [0.1, 0.15) is 16.6 Å². The molecule has 20 heavy (non-hydrogen) atoms. The fourth-order valence-corrected chi connectivity index (χ4v) is 2.32. The summed E-state index contributed by atoms with van der Waals surface area (Å²) < 4.78 is 31.7. The molecule has 0 saturated heterocycles. The zero-order chi connectivity index (χ0) is 14.7. The van der Waals surface area contributed by atoms with E-state index in [1.807, 2.05) is 0 Å². The summed E-state index contributed by atoms with van der Waals surface area (Å²) >= 11 is 1.41. The molecular formula is C13H12F2N2O2S. The molecule has 0 amide bonds. The molecule has 2 aromatic rings. The molecule has 1 N–H and O–H groups in total. The monoisotopic (exact) mass is 298 g/mol. The maximum absolute atomic E-state index is 13.7. The Kier molecular flexibility index (Phi) is 4.29. The van der Waals surface area contributed by atoms with Gasteiger partial charge in [-0.25, -0.2) is 18.6 Å². The van der Waals surface area contributed by atoms with Gasteiger partial charge in [0.05, 0.1) is 24.4 Å². The molecule has 0 aliphatic rings. The average molecular weight is 298 g/mol. The molecular weight excluding hydrogens is 286 g/mol. The highest BCUT2D eigenvalue weighted by Gasteiger charge is 2.18. The third-order valence-corrected chi connectivity index (χ3v) is 3.61. The Morgan fingerprint density at radius 3 is 2.75 bits per heavy atom. The number of methoxy groups -OCH3 is 1. The van der Waals surface area contributed by atoms with Crippen molar-refractivity contribution in [3.05, 3.63) is 45.9 Å². The maximum atomic E-state index is 13.7. The van der Waals surface area contributed by atoms with E-state index in [-0.39, 0.29) is 17.3 Å². The van der Waals surface area contributed by atoms with Crippen LogP contribution in [0.15, 0.2) is 23.7 Å². The van der Waals surface area contributed by atoms with E-state index in [1.54, 1.807) is 18.5 Å². The second-order valence-electron chi connectivity index (χ2n) is 4.04. The van der Waals surface area contributed by atoms with E-state index in [0.29, 0.717) is 6.07 Å². The molecule has 0 fully saturated rings. The standard InChI is InChI=1S/C13H12F2N2O2S/c1-7(12-16-3-4-20-12)17-11-5-8(13(18)19-2)9(14)6-10(11)15/h3-7,17H,1-2H3. The van der Waals surface area contributed by atoms with Crippen molar-refractivity contribution in [3.8, 4) is 0 Å². The van der Waals surface area contributed by atoms with Gasteiger partial charge in [0.15, 0.2) is 0 Å². The van der Waals surface area contributed by atoms with Gasteiger partial charge < -0.3 is 10.1 Å². The van der Waals surface area contributed by atoms with Gasteiger partial charge in [-0.1, -0.05) is 0 Å². The van der Waals surface area contributed by atoms with Crippen LogP contribution in [-0.4, -0.2) is 18.1 Å². The lowest BCUT2D eigenvalue weighted by atomic mass is 10.1. The van der Waals surface area contributed by atoms with Gasteiger partial charge in [-0.3, -0.25) is 0 Å². The van der Waals surface area contributed by atoms with Crippen LogP contribution in [0.25, 0.3) is 0 Å². The number of esters is 1. The first kappa shape index (κ1) is 14.4. The van der Waals surface area contributed by atoms with E-state index in [4.69, 9.17) is 0 Å². The number of aromatic nitrogens is 1. The van der Waals surface area contributed by atoms with Gasteiger partial charge in [-0.05, 0) is 13.0 Å². The molecule has 0 aliphatic carbocycles. The highest BCUT2D eigenvalue weighted by Crippen LogP contribution is 2.25. The van der Waals surface area contributed by atoms with Gasteiger partial charge in [0.2, 0.25) is 0 Å². The number of rotatable bonds is 4. The largest absolute Gasteiger partial charge is 0.465 e. The minimum Gasteiger partial charge on any atom is -0.465 e. The summed E-state index contributed by atoms with van der Waals surface area (Å²) in [6, 6.07) is 1.49. The predicted octanol–water partition coefficient (Wildman–Crippen LogP) is 3.38. The Hall–Kier alpha value is -2.02. The Balaban J connectivity index is 2.29. The summed E-state index contributed by atoms with van der Waals surface area (Å²) in [5.74, 6) is -2.59. The highest BCUT2D eigenvalue weighted by molar-refractivity contribution is 7.09. The van der Waals surface area contributed by atoms with E-state index >= 15 is 0 Å². The van der Waals surface area contributed by atoms with E-state index in [0.717, 1.165) is 18.2 Å². The molecule has 1 unspecified atom stereocenters. The van der Waals surface area contributed by atoms with Crippen LogP contribution < -0.4 is 5.32 Å². The Labute approximate surface area is 118 Å². The zero-order valence-corrected chi connectivity index (χ0v) is 11.6. The fourth-order valence-electron chi connectivity index (χ4n) is 1.67. The second-order valence-corrected chi connectivity index (χ2v) is 4.97. The number of thiazole rings is 1.